The number of unbranched alkanes of at least 4 members (excludes halogenated alkanes) is 1. The van der Waals surface area contributed by atoms with E-state index in [9.17, 15) is 9.59 Å². The number of hydrogen-bond acceptors (Lipinski definition) is 8. The first-order chi connectivity index (χ1) is 17.1. The first-order valence-corrected chi connectivity index (χ1v) is 13.5. The molecule has 1 N–H and O–H groups in total. The Kier molecular flexibility index (Phi) is 8.96. The molecule has 3 aromatic rings. The molecule has 0 saturated carbocycles. The van der Waals surface area contributed by atoms with Crippen molar-refractivity contribution in [3.05, 3.63) is 60.2 Å². The van der Waals surface area contributed by atoms with E-state index in [0.717, 1.165) is 33.7 Å². The average Bonchev–Trinajstić information content (AvgIpc) is 3.38. The molecule has 0 spiro atoms. The summed E-state index contributed by atoms with van der Waals surface area (Å²) in [4.78, 5) is 29.1. The third-order valence-electron chi connectivity index (χ3n) is 5.49. The van der Waals surface area contributed by atoms with Crippen molar-refractivity contribution in [3.8, 4) is 5.75 Å². The third kappa shape index (κ3) is 7.19. The summed E-state index contributed by atoms with van der Waals surface area (Å²) in [5.41, 5.74) is 1.45. The van der Waals surface area contributed by atoms with Crippen LogP contribution < -0.4 is 15.0 Å². The molecule has 0 bridgehead atoms. The van der Waals surface area contributed by atoms with Gasteiger partial charge in [0.2, 0.25) is 11.0 Å². The number of nitrogens with one attached hydrogen (secondary N) is 1. The Labute approximate surface area is 213 Å². The Morgan fingerprint density at radius 2 is 1.77 bits per heavy atom. The van der Waals surface area contributed by atoms with Crippen LogP contribution in [0.3, 0.4) is 0 Å². The lowest BCUT2D eigenvalue weighted by molar-refractivity contribution is -0.113. The van der Waals surface area contributed by atoms with Crippen LogP contribution in [0.2, 0.25) is 0 Å². The largest absolute Gasteiger partial charge is 0.494 e. The van der Waals surface area contributed by atoms with Crippen molar-refractivity contribution in [3.63, 3.8) is 0 Å². The molecule has 10 heteroatoms. The van der Waals surface area contributed by atoms with E-state index in [4.69, 9.17) is 4.74 Å². The quantitative estimate of drug-likeness (QED) is 0.319. The highest BCUT2D eigenvalue weighted by Gasteiger charge is 2.24. The number of carbonyl (C=O) groups is 2. The molecule has 2 heterocycles. The number of ether oxygens (including phenoxy) is 1. The van der Waals surface area contributed by atoms with Crippen LogP contribution in [-0.2, 0) is 4.79 Å². The maximum Gasteiger partial charge on any atom is 0.253 e. The van der Waals surface area contributed by atoms with Gasteiger partial charge in [-0.25, -0.2) is 0 Å². The van der Waals surface area contributed by atoms with Crippen LogP contribution in [0, 0.1) is 0 Å². The molecule has 2 aromatic carbocycles. The Hall–Kier alpha value is -3.11. The fourth-order valence-electron chi connectivity index (χ4n) is 3.55. The number of thioether (sulfide) groups is 1. The summed E-state index contributed by atoms with van der Waals surface area (Å²) < 4.78 is 6.43. The minimum Gasteiger partial charge on any atom is -0.494 e. The first-order valence-electron chi connectivity index (χ1n) is 11.7. The minimum absolute atomic E-state index is 0.0303. The van der Waals surface area contributed by atoms with Crippen molar-refractivity contribution in [1.29, 1.82) is 0 Å². The fraction of sp³-hybridized carbons (Fsp3) is 0.360. The summed E-state index contributed by atoms with van der Waals surface area (Å²) >= 11 is 2.85. The average molecular weight is 512 g/mol. The van der Waals surface area contributed by atoms with E-state index in [2.05, 4.69) is 27.3 Å². The van der Waals surface area contributed by atoms with Crippen molar-refractivity contribution < 1.29 is 14.3 Å². The second kappa shape index (κ2) is 12.6. The molecular weight excluding hydrogens is 482 g/mol. The molecule has 1 saturated heterocycles. The number of para-hydroxylation sites is 1. The van der Waals surface area contributed by atoms with Gasteiger partial charge in [-0.2, -0.15) is 0 Å². The maximum absolute atomic E-state index is 12.9. The van der Waals surface area contributed by atoms with Crippen molar-refractivity contribution in [2.24, 2.45) is 0 Å². The third-order valence-corrected chi connectivity index (χ3v) is 7.60. The molecule has 1 aromatic heterocycles. The number of piperazine rings is 1. The molecule has 0 atom stereocenters. The molecule has 1 fully saturated rings. The Bertz CT molecular complexity index is 1100. The number of amides is 2. The number of aromatic nitrogens is 2. The summed E-state index contributed by atoms with van der Waals surface area (Å²) in [5.74, 6) is 1.02. The van der Waals surface area contributed by atoms with Crippen molar-refractivity contribution in [2.45, 2.75) is 24.1 Å². The smallest absolute Gasteiger partial charge is 0.253 e. The summed E-state index contributed by atoms with van der Waals surface area (Å²) in [6.07, 6.45) is 2.11. The predicted octanol–water partition coefficient (Wildman–Crippen LogP) is 4.41. The monoisotopic (exact) mass is 511 g/mol. The number of carbonyl (C=O) groups excluding carboxylic acids is 2. The predicted molar refractivity (Wildman–Crippen MR) is 141 cm³/mol. The van der Waals surface area contributed by atoms with Crippen LogP contribution in [0.25, 0.3) is 0 Å². The molecule has 8 nitrogen and oxygen atoms in total. The minimum atomic E-state index is -0.0781. The van der Waals surface area contributed by atoms with Crippen molar-refractivity contribution >= 4 is 45.7 Å². The van der Waals surface area contributed by atoms with Gasteiger partial charge in [0.05, 0.1) is 12.4 Å². The van der Waals surface area contributed by atoms with E-state index in [1.807, 2.05) is 59.5 Å². The number of anilines is 2. The summed E-state index contributed by atoms with van der Waals surface area (Å²) in [6, 6.07) is 16.8. The molecule has 35 heavy (non-hydrogen) atoms. The maximum atomic E-state index is 12.9. The highest BCUT2D eigenvalue weighted by molar-refractivity contribution is 8.01. The van der Waals surface area contributed by atoms with Crippen molar-refractivity contribution in [2.75, 3.05) is 48.8 Å². The zero-order valence-electron chi connectivity index (χ0n) is 19.7. The molecule has 0 unspecified atom stereocenters. The molecule has 184 valence electrons. The van der Waals surface area contributed by atoms with Crippen LogP contribution in [0.5, 0.6) is 5.75 Å². The molecule has 1 aliphatic heterocycles. The summed E-state index contributed by atoms with van der Waals surface area (Å²) in [6.45, 7) is 5.44. The second-order valence-electron chi connectivity index (χ2n) is 8.06. The van der Waals surface area contributed by atoms with Gasteiger partial charge in [-0.1, -0.05) is 54.6 Å². The lowest BCUT2D eigenvalue weighted by Gasteiger charge is -2.34. The van der Waals surface area contributed by atoms with E-state index in [1.165, 1.54) is 23.1 Å². The molecule has 0 aliphatic carbocycles. The Morgan fingerprint density at radius 3 is 2.49 bits per heavy atom. The van der Waals surface area contributed by atoms with Crippen LogP contribution >= 0.6 is 23.1 Å². The molecule has 0 radical (unpaired) electrons. The fourth-order valence-corrected chi connectivity index (χ4v) is 5.24. The molecule has 4 rings (SSSR count). The second-order valence-corrected chi connectivity index (χ2v) is 10.2. The van der Waals surface area contributed by atoms with E-state index in [0.29, 0.717) is 38.3 Å². The van der Waals surface area contributed by atoms with Crippen LogP contribution in [-0.4, -0.2) is 65.5 Å². The standard InChI is InChI=1S/C25H29N5O3S2/c1-2-3-17-33-21-11-9-19(10-12-21)23(32)29-13-15-30(16-14-29)24-27-28-25(35-24)34-18-22(31)26-20-7-5-4-6-8-20/h4-12H,2-3,13-18H2,1H3,(H,26,31). The van der Waals surface area contributed by atoms with Gasteiger partial charge in [-0.3, -0.25) is 9.59 Å². The first kappa shape index (κ1) is 25.0. The van der Waals surface area contributed by atoms with Gasteiger partial charge in [0.15, 0.2) is 4.34 Å². The number of benzene rings is 2. The number of nitrogens with zero attached hydrogens (tertiary/aromatic N) is 4. The molecule has 1 aliphatic rings. The topological polar surface area (TPSA) is 87.7 Å². The highest BCUT2D eigenvalue weighted by atomic mass is 32.2. The van der Waals surface area contributed by atoms with E-state index in [1.54, 1.807) is 0 Å². The van der Waals surface area contributed by atoms with Gasteiger partial charge in [0.25, 0.3) is 5.91 Å². The Balaban J connectivity index is 1.22. The van der Waals surface area contributed by atoms with Crippen LogP contribution in [0.4, 0.5) is 10.8 Å². The zero-order valence-corrected chi connectivity index (χ0v) is 21.3. The lowest BCUT2D eigenvalue weighted by atomic mass is 10.1. The van der Waals surface area contributed by atoms with Crippen LogP contribution in [0.1, 0.15) is 30.1 Å². The highest BCUT2D eigenvalue weighted by Crippen LogP contribution is 2.29. The molecular formula is C25H29N5O3S2. The van der Waals surface area contributed by atoms with Crippen molar-refractivity contribution in [1.82, 2.24) is 15.1 Å². The summed E-state index contributed by atoms with van der Waals surface area (Å²) in [7, 11) is 0. The normalized spacial score (nSPS) is 13.5. The number of rotatable bonds is 10. The van der Waals surface area contributed by atoms with E-state index in [-0.39, 0.29) is 17.6 Å². The zero-order chi connectivity index (χ0) is 24.5. The number of hydrogen-bond donors (Lipinski definition) is 1. The van der Waals surface area contributed by atoms with Gasteiger partial charge in [-0.15, -0.1) is 10.2 Å². The van der Waals surface area contributed by atoms with E-state index >= 15 is 0 Å². The van der Waals surface area contributed by atoms with Gasteiger partial charge in [-0.05, 0) is 42.8 Å². The van der Waals surface area contributed by atoms with Gasteiger partial charge >= 0.3 is 0 Å². The SMILES string of the molecule is CCCCOc1ccc(C(=O)N2CCN(c3nnc(SCC(=O)Nc4ccccc4)s3)CC2)cc1. The lowest BCUT2D eigenvalue weighted by Crippen LogP contribution is -2.48. The van der Waals surface area contributed by atoms with Crippen LogP contribution in [0.15, 0.2) is 58.9 Å². The van der Waals surface area contributed by atoms with E-state index < -0.39 is 0 Å². The molecule has 2 amide bonds. The van der Waals surface area contributed by atoms with Gasteiger partial charge < -0.3 is 19.9 Å². The summed E-state index contributed by atoms with van der Waals surface area (Å²) in [5, 5.41) is 12.2. The van der Waals surface area contributed by atoms with Gasteiger partial charge in [0, 0.05) is 37.4 Å². The Morgan fingerprint density at radius 1 is 1.03 bits per heavy atom. The van der Waals surface area contributed by atoms with Gasteiger partial charge in [0.1, 0.15) is 5.75 Å².